The van der Waals surface area contributed by atoms with Crippen LogP contribution in [0.5, 0.6) is 11.5 Å². The predicted molar refractivity (Wildman–Crippen MR) is 139 cm³/mol. The number of carbonyl (C=O) groups is 2. The van der Waals surface area contributed by atoms with Crippen molar-refractivity contribution < 1.29 is 19.1 Å². The molecule has 0 aliphatic heterocycles. The molecule has 0 radical (unpaired) electrons. The van der Waals surface area contributed by atoms with Crippen molar-refractivity contribution in [1.29, 1.82) is 0 Å². The molecule has 0 aliphatic rings. The average molecular weight is 519 g/mol. The molecule has 3 aromatic rings. The first kappa shape index (κ1) is 25.7. The van der Waals surface area contributed by atoms with Crippen LogP contribution in [-0.2, 0) is 4.79 Å². The Morgan fingerprint density at radius 2 is 1.59 bits per heavy atom. The number of benzene rings is 3. The van der Waals surface area contributed by atoms with Crippen molar-refractivity contribution in [1.82, 2.24) is 0 Å². The molecule has 34 heavy (non-hydrogen) atoms. The highest BCUT2D eigenvalue weighted by Crippen LogP contribution is 2.33. The molecule has 0 aliphatic carbocycles. The van der Waals surface area contributed by atoms with Gasteiger partial charge in [-0.1, -0.05) is 48.3 Å². The molecule has 9 heteroatoms. The number of methoxy groups -OCH3 is 2. The zero-order valence-electron chi connectivity index (χ0n) is 18.9. The van der Waals surface area contributed by atoms with Crippen molar-refractivity contribution in [3.63, 3.8) is 0 Å². The molecule has 1 atom stereocenters. The minimum Gasteiger partial charge on any atom is -0.496 e. The molecular formula is C25H24Cl2N2O4S. The van der Waals surface area contributed by atoms with E-state index in [4.69, 9.17) is 32.7 Å². The van der Waals surface area contributed by atoms with E-state index in [1.165, 1.54) is 26.0 Å². The lowest BCUT2D eigenvalue weighted by Crippen LogP contribution is -2.24. The van der Waals surface area contributed by atoms with E-state index in [9.17, 15) is 9.59 Å². The van der Waals surface area contributed by atoms with E-state index in [1.54, 1.807) is 42.5 Å². The number of anilines is 2. The summed E-state index contributed by atoms with van der Waals surface area (Å²) in [5.74, 6) is 0.260. The van der Waals surface area contributed by atoms with Gasteiger partial charge in [-0.25, -0.2) is 0 Å². The standard InChI is InChI=1S/C25H24Cl2N2O4S/c1-4-21(24(30)29-18-11-6-10-17(26)23(18)27)34-16-9-5-8-15(14-16)28-25(31)22-19(32-2)12-7-13-20(22)33-3/h5-14,21H,4H2,1-3H3,(H,28,31)(H,29,30). The molecule has 0 spiro atoms. The van der Waals surface area contributed by atoms with Crippen molar-refractivity contribution >= 4 is 58.2 Å². The second-order valence-corrected chi connectivity index (χ2v) is 9.19. The summed E-state index contributed by atoms with van der Waals surface area (Å²) in [6.07, 6.45) is 0.587. The van der Waals surface area contributed by atoms with Crippen molar-refractivity contribution in [3.8, 4) is 11.5 Å². The first-order chi connectivity index (χ1) is 16.4. The monoisotopic (exact) mass is 518 g/mol. The zero-order valence-corrected chi connectivity index (χ0v) is 21.2. The predicted octanol–water partition coefficient (Wildman–Crippen LogP) is 6.77. The summed E-state index contributed by atoms with van der Waals surface area (Å²) in [7, 11) is 2.99. The highest BCUT2D eigenvalue weighted by molar-refractivity contribution is 8.00. The smallest absolute Gasteiger partial charge is 0.263 e. The largest absolute Gasteiger partial charge is 0.496 e. The molecule has 2 N–H and O–H groups in total. The van der Waals surface area contributed by atoms with Crippen LogP contribution < -0.4 is 20.1 Å². The third-order valence-corrected chi connectivity index (χ3v) is 7.07. The lowest BCUT2D eigenvalue weighted by Gasteiger charge is -2.17. The third-order valence-electron chi connectivity index (χ3n) is 4.90. The van der Waals surface area contributed by atoms with Crippen molar-refractivity contribution in [2.75, 3.05) is 24.9 Å². The van der Waals surface area contributed by atoms with Gasteiger partial charge in [0.1, 0.15) is 17.1 Å². The molecular weight excluding hydrogens is 495 g/mol. The van der Waals surface area contributed by atoms with Crippen LogP contribution in [0.25, 0.3) is 0 Å². The minimum absolute atomic E-state index is 0.190. The molecule has 178 valence electrons. The van der Waals surface area contributed by atoms with Gasteiger partial charge in [-0.2, -0.15) is 0 Å². The number of rotatable bonds is 9. The second kappa shape index (κ2) is 12.0. The molecule has 2 amide bonds. The summed E-state index contributed by atoms with van der Waals surface area (Å²) in [6.45, 7) is 1.93. The molecule has 0 saturated heterocycles. The van der Waals surface area contributed by atoms with Gasteiger partial charge in [-0.15, -0.1) is 11.8 Å². The Hall–Kier alpha value is -2.87. The number of thioether (sulfide) groups is 1. The number of ether oxygens (including phenoxy) is 2. The van der Waals surface area contributed by atoms with E-state index >= 15 is 0 Å². The van der Waals surface area contributed by atoms with Crippen LogP contribution in [0.3, 0.4) is 0 Å². The van der Waals surface area contributed by atoms with Gasteiger partial charge in [0.2, 0.25) is 5.91 Å². The maximum absolute atomic E-state index is 13.0. The van der Waals surface area contributed by atoms with Crippen LogP contribution in [0.2, 0.25) is 10.0 Å². The maximum atomic E-state index is 13.0. The van der Waals surface area contributed by atoms with Gasteiger partial charge in [-0.05, 0) is 48.9 Å². The SMILES string of the molecule is CCC(Sc1cccc(NC(=O)c2c(OC)cccc2OC)c1)C(=O)Nc1cccc(Cl)c1Cl. The van der Waals surface area contributed by atoms with E-state index in [1.807, 2.05) is 25.1 Å². The molecule has 0 aromatic heterocycles. The Labute approximate surface area is 212 Å². The number of carbonyl (C=O) groups excluding carboxylic acids is 2. The fourth-order valence-electron chi connectivity index (χ4n) is 3.22. The normalized spacial score (nSPS) is 11.4. The van der Waals surface area contributed by atoms with Crippen LogP contribution in [0.4, 0.5) is 11.4 Å². The number of hydrogen-bond acceptors (Lipinski definition) is 5. The van der Waals surface area contributed by atoms with Gasteiger partial charge >= 0.3 is 0 Å². The molecule has 0 fully saturated rings. The number of amides is 2. The summed E-state index contributed by atoms with van der Waals surface area (Å²) in [6, 6.07) is 17.5. The molecule has 0 saturated carbocycles. The van der Waals surface area contributed by atoms with Gasteiger partial charge in [0.15, 0.2) is 0 Å². The summed E-state index contributed by atoms with van der Waals surface area (Å²) in [4.78, 5) is 26.7. The Balaban J connectivity index is 1.74. The van der Waals surface area contributed by atoms with Gasteiger partial charge in [0, 0.05) is 10.6 Å². The van der Waals surface area contributed by atoms with Crippen molar-refractivity contribution in [3.05, 3.63) is 76.3 Å². The first-order valence-electron chi connectivity index (χ1n) is 10.4. The fraction of sp³-hybridized carbons (Fsp3) is 0.200. The van der Waals surface area contributed by atoms with Gasteiger partial charge in [-0.3, -0.25) is 9.59 Å². The fourth-order valence-corrected chi connectivity index (χ4v) is 4.58. The highest BCUT2D eigenvalue weighted by atomic mass is 35.5. The molecule has 3 aromatic carbocycles. The van der Waals surface area contributed by atoms with Crippen LogP contribution in [0.1, 0.15) is 23.7 Å². The van der Waals surface area contributed by atoms with Gasteiger partial charge in [0.05, 0.1) is 35.2 Å². The second-order valence-electron chi connectivity index (χ2n) is 7.12. The average Bonchev–Trinajstić information content (AvgIpc) is 2.84. The van der Waals surface area contributed by atoms with E-state index < -0.39 is 0 Å². The molecule has 0 bridgehead atoms. The summed E-state index contributed by atoms with van der Waals surface area (Å²) >= 11 is 13.6. The Bertz CT molecular complexity index is 1170. The lowest BCUT2D eigenvalue weighted by atomic mass is 10.1. The molecule has 3 rings (SSSR count). The van der Waals surface area contributed by atoms with E-state index in [0.717, 1.165) is 4.90 Å². The lowest BCUT2D eigenvalue weighted by molar-refractivity contribution is -0.115. The van der Waals surface area contributed by atoms with E-state index in [-0.39, 0.29) is 17.1 Å². The summed E-state index contributed by atoms with van der Waals surface area (Å²) in [5.41, 5.74) is 1.34. The molecule has 0 heterocycles. The summed E-state index contributed by atoms with van der Waals surface area (Å²) < 4.78 is 10.6. The number of nitrogens with one attached hydrogen (secondary N) is 2. The zero-order chi connectivity index (χ0) is 24.7. The Morgan fingerprint density at radius 1 is 0.941 bits per heavy atom. The van der Waals surface area contributed by atoms with Gasteiger partial charge < -0.3 is 20.1 Å². The van der Waals surface area contributed by atoms with Crippen molar-refractivity contribution in [2.45, 2.75) is 23.5 Å². The van der Waals surface area contributed by atoms with Crippen molar-refractivity contribution in [2.24, 2.45) is 0 Å². The first-order valence-corrected chi connectivity index (χ1v) is 12.0. The van der Waals surface area contributed by atoms with Gasteiger partial charge in [0.25, 0.3) is 5.91 Å². The van der Waals surface area contributed by atoms with Crippen LogP contribution >= 0.6 is 35.0 Å². The minimum atomic E-state index is -0.379. The Kier molecular flexibility index (Phi) is 9.10. The quantitative estimate of drug-likeness (QED) is 0.305. The highest BCUT2D eigenvalue weighted by Gasteiger charge is 2.21. The maximum Gasteiger partial charge on any atom is 0.263 e. The third kappa shape index (κ3) is 6.17. The van der Waals surface area contributed by atoms with Crippen LogP contribution in [0.15, 0.2) is 65.6 Å². The molecule has 6 nitrogen and oxygen atoms in total. The number of halogens is 2. The topological polar surface area (TPSA) is 76.7 Å². The van der Waals surface area contributed by atoms with Crippen LogP contribution in [-0.4, -0.2) is 31.3 Å². The molecule has 1 unspecified atom stereocenters. The van der Waals surface area contributed by atoms with E-state index in [2.05, 4.69) is 10.6 Å². The number of hydrogen-bond donors (Lipinski definition) is 2. The summed E-state index contributed by atoms with van der Waals surface area (Å²) in [5, 5.41) is 6.01. The Morgan fingerprint density at radius 3 is 2.24 bits per heavy atom. The van der Waals surface area contributed by atoms with E-state index in [0.29, 0.717) is 44.9 Å². The van der Waals surface area contributed by atoms with Crippen LogP contribution in [0, 0.1) is 0 Å².